The van der Waals surface area contributed by atoms with Gasteiger partial charge in [-0.15, -0.1) is 0 Å². The quantitative estimate of drug-likeness (QED) is 0.853. The number of nitrogens with one attached hydrogen (secondary N) is 1. The first kappa shape index (κ1) is 16.1. The third-order valence-corrected chi connectivity index (χ3v) is 3.36. The monoisotopic (exact) mass is 305 g/mol. The van der Waals surface area contributed by atoms with Gasteiger partial charge in [-0.2, -0.15) is 0 Å². The average molecular weight is 305 g/mol. The highest BCUT2D eigenvalue weighted by molar-refractivity contribution is 5.40. The highest BCUT2D eigenvalue weighted by Crippen LogP contribution is 2.24. The van der Waals surface area contributed by atoms with Crippen molar-refractivity contribution in [1.82, 2.24) is 5.32 Å². The van der Waals surface area contributed by atoms with Crippen molar-refractivity contribution < 1.29 is 18.6 Å². The van der Waals surface area contributed by atoms with Crippen LogP contribution in [-0.4, -0.2) is 21.3 Å². The molecule has 0 saturated heterocycles. The van der Waals surface area contributed by atoms with Crippen molar-refractivity contribution in [3.05, 3.63) is 53.3 Å². The zero-order valence-electron chi connectivity index (χ0n) is 13.0. The lowest BCUT2D eigenvalue weighted by molar-refractivity contribution is 0.395. The number of benzene rings is 2. The molecule has 0 aromatic heterocycles. The van der Waals surface area contributed by atoms with Gasteiger partial charge in [-0.1, -0.05) is 0 Å². The summed E-state index contributed by atoms with van der Waals surface area (Å²) in [4.78, 5) is 0. The molecule has 0 unspecified atom stereocenters. The van der Waals surface area contributed by atoms with Crippen molar-refractivity contribution in [3.63, 3.8) is 0 Å². The number of ether oxygens (including phenoxy) is 3. The van der Waals surface area contributed by atoms with E-state index >= 15 is 0 Å². The first-order valence-electron chi connectivity index (χ1n) is 6.92. The number of methoxy groups -OCH3 is 3. The third-order valence-electron chi connectivity index (χ3n) is 3.36. The molecule has 0 saturated carbocycles. The molecule has 4 nitrogen and oxygen atoms in total. The molecular formula is C17H20FNO3. The minimum Gasteiger partial charge on any atom is -0.497 e. The Kier molecular flexibility index (Phi) is 5.61. The second-order valence-corrected chi connectivity index (χ2v) is 4.74. The van der Waals surface area contributed by atoms with E-state index in [4.69, 9.17) is 14.2 Å². The molecule has 0 atom stereocenters. The molecule has 22 heavy (non-hydrogen) atoms. The van der Waals surface area contributed by atoms with E-state index in [1.54, 1.807) is 27.4 Å². The zero-order valence-corrected chi connectivity index (χ0v) is 13.0. The Bertz CT molecular complexity index is 631. The van der Waals surface area contributed by atoms with Crippen LogP contribution in [0.2, 0.25) is 0 Å². The molecule has 118 valence electrons. The van der Waals surface area contributed by atoms with Crippen LogP contribution >= 0.6 is 0 Å². The van der Waals surface area contributed by atoms with Crippen LogP contribution in [0.15, 0.2) is 36.4 Å². The number of hydrogen-bond acceptors (Lipinski definition) is 4. The Labute approximate surface area is 129 Å². The third kappa shape index (κ3) is 3.89. The second kappa shape index (κ2) is 7.66. The van der Waals surface area contributed by atoms with Crippen LogP contribution in [0.25, 0.3) is 0 Å². The van der Waals surface area contributed by atoms with Crippen LogP contribution in [0, 0.1) is 5.82 Å². The topological polar surface area (TPSA) is 39.7 Å². The maximum atomic E-state index is 13.3. The Balaban J connectivity index is 2.06. The van der Waals surface area contributed by atoms with Crippen LogP contribution in [-0.2, 0) is 13.1 Å². The largest absolute Gasteiger partial charge is 0.497 e. The van der Waals surface area contributed by atoms with Crippen LogP contribution in [0.1, 0.15) is 11.1 Å². The number of rotatable bonds is 7. The highest BCUT2D eigenvalue weighted by Gasteiger charge is 2.07. The summed E-state index contributed by atoms with van der Waals surface area (Å²) < 4.78 is 29.1. The van der Waals surface area contributed by atoms with Crippen molar-refractivity contribution in [3.8, 4) is 17.2 Å². The normalized spacial score (nSPS) is 10.4. The maximum absolute atomic E-state index is 13.3. The lowest BCUT2D eigenvalue weighted by Gasteiger charge is -2.13. The van der Waals surface area contributed by atoms with Crippen LogP contribution in [0.4, 0.5) is 4.39 Å². The standard InChI is InChI=1S/C17H20FNO3/c1-20-15-5-7-17(22-3)13(9-15)11-19-10-12-8-14(18)4-6-16(12)21-2/h4-9,19H,10-11H2,1-3H3. The lowest BCUT2D eigenvalue weighted by Crippen LogP contribution is -2.14. The fourth-order valence-electron chi connectivity index (χ4n) is 2.24. The summed E-state index contributed by atoms with van der Waals surface area (Å²) in [6, 6.07) is 10.1. The number of halogens is 1. The zero-order chi connectivity index (χ0) is 15.9. The summed E-state index contributed by atoms with van der Waals surface area (Å²) in [6.45, 7) is 1.06. The predicted molar refractivity (Wildman–Crippen MR) is 83.0 cm³/mol. The molecule has 0 aliphatic heterocycles. The van der Waals surface area contributed by atoms with E-state index in [1.807, 2.05) is 18.2 Å². The molecule has 5 heteroatoms. The van der Waals surface area contributed by atoms with Gasteiger partial charge in [0.1, 0.15) is 23.1 Å². The van der Waals surface area contributed by atoms with E-state index in [1.165, 1.54) is 12.1 Å². The van der Waals surface area contributed by atoms with Gasteiger partial charge in [-0.05, 0) is 36.4 Å². The summed E-state index contributed by atoms with van der Waals surface area (Å²) >= 11 is 0. The molecular weight excluding hydrogens is 285 g/mol. The fourth-order valence-corrected chi connectivity index (χ4v) is 2.24. The molecule has 1 N–H and O–H groups in total. The van der Waals surface area contributed by atoms with E-state index < -0.39 is 0 Å². The average Bonchev–Trinajstić information content (AvgIpc) is 2.55. The van der Waals surface area contributed by atoms with E-state index in [0.717, 1.165) is 22.6 Å². The molecule has 0 aliphatic rings. The summed E-state index contributed by atoms with van der Waals surface area (Å²) in [5, 5.41) is 3.26. The summed E-state index contributed by atoms with van der Waals surface area (Å²) in [6.07, 6.45) is 0. The summed E-state index contributed by atoms with van der Waals surface area (Å²) in [7, 11) is 4.82. The fraction of sp³-hybridized carbons (Fsp3) is 0.294. The van der Waals surface area contributed by atoms with Gasteiger partial charge in [0, 0.05) is 24.2 Å². The van der Waals surface area contributed by atoms with Crippen molar-refractivity contribution in [2.75, 3.05) is 21.3 Å². The summed E-state index contributed by atoms with van der Waals surface area (Å²) in [5.41, 5.74) is 1.74. The first-order chi connectivity index (χ1) is 10.7. The van der Waals surface area contributed by atoms with E-state index in [0.29, 0.717) is 18.8 Å². The molecule has 2 rings (SSSR count). The molecule has 0 aliphatic carbocycles. The van der Waals surface area contributed by atoms with E-state index in [2.05, 4.69) is 5.32 Å². The van der Waals surface area contributed by atoms with Gasteiger partial charge in [0.15, 0.2) is 0 Å². The van der Waals surface area contributed by atoms with Gasteiger partial charge in [0.25, 0.3) is 0 Å². The molecule has 0 heterocycles. The SMILES string of the molecule is COc1ccc(OC)c(CNCc2cc(F)ccc2OC)c1. The van der Waals surface area contributed by atoms with Gasteiger partial charge in [-0.25, -0.2) is 4.39 Å². The van der Waals surface area contributed by atoms with Gasteiger partial charge < -0.3 is 19.5 Å². The van der Waals surface area contributed by atoms with Gasteiger partial charge in [0.2, 0.25) is 0 Å². The summed E-state index contributed by atoms with van der Waals surface area (Å²) in [5.74, 6) is 1.92. The minimum atomic E-state index is -0.281. The van der Waals surface area contributed by atoms with E-state index in [-0.39, 0.29) is 5.82 Å². The van der Waals surface area contributed by atoms with Crippen molar-refractivity contribution in [1.29, 1.82) is 0 Å². The van der Waals surface area contributed by atoms with Gasteiger partial charge in [-0.3, -0.25) is 0 Å². The van der Waals surface area contributed by atoms with E-state index in [9.17, 15) is 4.39 Å². The predicted octanol–water partition coefficient (Wildman–Crippen LogP) is 3.14. The van der Waals surface area contributed by atoms with Crippen molar-refractivity contribution >= 4 is 0 Å². The highest BCUT2D eigenvalue weighted by atomic mass is 19.1. The van der Waals surface area contributed by atoms with Crippen molar-refractivity contribution in [2.24, 2.45) is 0 Å². The molecule has 0 amide bonds. The maximum Gasteiger partial charge on any atom is 0.123 e. The molecule has 0 radical (unpaired) electrons. The Morgan fingerprint density at radius 2 is 1.41 bits per heavy atom. The second-order valence-electron chi connectivity index (χ2n) is 4.74. The van der Waals surface area contributed by atoms with Gasteiger partial charge >= 0.3 is 0 Å². The Morgan fingerprint density at radius 1 is 0.818 bits per heavy atom. The Morgan fingerprint density at radius 3 is 2.00 bits per heavy atom. The molecule has 2 aromatic carbocycles. The molecule has 0 spiro atoms. The molecule has 0 fully saturated rings. The minimum absolute atomic E-state index is 0.281. The van der Waals surface area contributed by atoms with Crippen LogP contribution in [0.5, 0.6) is 17.2 Å². The smallest absolute Gasteiger partial charge is 0.123 e. The Hall–Kier alpha value is -2.27. The van der Waals surface area contributed by atoms with Crippen LogP contribution in [0.3, 0.4) is 0 Å². The lowest BCUT2D eigenvalue weighted by atomic mass is 10.1. The first-order valence-corrected chi connectivity index (χ1v) is 6.92. The molecule has 2 aromatic rings. The van der Waals surface area contributed by atoms with Crippen molar-refractivity contribution in [2.45, 2.75) is 13.1 Å². The van der Waals surface area contributed by atoms with Gasteiger partial charge in [0.05, 0.1) is 21.3 Å². The molecule has 0 bridgehead atoms. The van der Waals surface area contributed by atoms with Crippen LogP contribution < -0.4 is 19.5 Å². The number of hydrogen-bond donors (Lipinski definition) is 1.